The Bertz CT molecular complexity index is 428. The molecule has 0 unspecified atom stereocenters. The minimum Gasteiger partial charge on any atom is -0.450 e. The zero-order valence-corrected chi connectivity index (χ0v) is 12.5. The first-order valence-electron chi connectivity index (χ1n) is 7.08. The second-order valence-electron chi connectivity index (χ2n) is 4.97. The summed E-state index contributed by atoms with van der Waals surface area (Å²) in [6, 6.07) is 8.33. The number of piperidine rings is 1. The van der Waals surface area contributed by atoms with Gasteiger partial charge in [0.15, 0.2) is 0 Å². The highest BCUT2D eigenvalue weighted by Crippen LogP contribution is 2.13. The van der Waals surface area contributed by atoms with Crippen molar-refractivity contribution in [1.82, 2.24) is 10.2 Å². The van der Waals surface area contributed by atoms with E-state index in [0.29, 0.717) is 12.6 Å². The summed E-state index contributed by atoms with van der Waals surface area (Å²) in [6.07, 6.45) is 1.74. The Labute approximate surface area is 125 Å². The SMILES string of the molecule is CCOC(=O)N1CCC(NCc2ccc(Cl)cc2)CC1. The molecule has 2 rings (SSSR count). The van der Waals surface area contributed by atoms with Crippen LogP contribution in [0.15, 0.2) is 24.3 Å². The summed E-state index contributed by atoms with van der Waals surface area (Å²) in [5, 5.41) is 4.29. The summed E-state index contributed by atoms with van der Waals surface area (Å²) >= 11 is 5.86. The number of amides is 1. The molecule has 0 bridgehead atoms. The molecule has 0 aromatic heterocycles. The maximum atomic E-state index is 11.6. The van der Waals surface area contributed by atoms with Crippen molar-refractivity contribution in [3.8, 4) is 0 Å². The van der Waals surface area contributed by atoms with Crippen molar-refractivity contribution in [2.24, 2.45) is 0 Å². The van der Waals surface area contributed by atoms with Crippen molar-refractivity contribution in [2.45, 2.75) is 32.4 Å². The summed E-state index contributed by atoms with van der Waals surface area (Å²) < 4.78 is 5.01. The van der Waals surface area contributed by atoms with Gasteiger partial charge in [0.1, 0.15) is 0 Å². The highest BCUT2D eigenvalue weighted by molar-refractivity contribution is 6.30. The molecule has 110 valence electrons. The average molecular weight is 297 g/mol. The van der Waals surface area contributed by atoms with Gasteiger partial charge in [0.2, 0.25) is 0 Å². The van der Waals surface area contributed by atoms with Gasteiger partial charge in [0.25, 0.3) is 0 Å². The van der Waals surface area contributed by atoms with E-state index in [2.05, 4.69) is 5.32 Å². The van der Waals surface area contributed by atoms with Crippen LogP contribution in [0.1, 0.15) is 25.3 Å². The molecule has 1 heterocycles. The zero-order chi connectivity index (χ0) is 14.4. The summed E-state index contributed by atoms with van der Waals surface area (Å²) in [5.74, 6) is 0. The fourth-order valence-corrected chi connectivity index (χ4v) is 2.47. The predicted molar refractivity (Wildman–Crippen MR) is 79.9 cm³/mol. The number of nitrogens with one attached hydrogen (secondary N) is 1. The van der Waals surface area contributed by atoms with Gasteiger partial charge in [-0.3, -0.25) is 0 Å². The van der Waals surface area contributed by atoms with E-state index in [1.807, 2.05) is 31.2 Å². The normalized spacial score (nSPS) is 16.2. The van der Waals surface area contributed by atoms with E-state index >= 15 is 0 Å². The molecular formula is C15H21ClN2O2. The van der Waals surface area contributed by atoms with Gasteiger partial charge in [-0.1, -0.05) is 23.7 Å². The number of likely N-dealkylation sites (tertiary alicyclic amines) is 1. The Morgan fingerprint density at radius 3 is 2.60 bits per heavy atom. The first-order chi connectivity index (χ1) is 9.69. The summed E-state index contributed by atoms with van der Waals surface area (Å²) in [6.45, 7) is 4.63. The minimum absolute atomic E-state index is 0.191. The molecule has 1 aliphatic rings. The summed E-state index contributed by atoms with van der Waals surface area (Å²) in [4.78, 5) is 13.4. The standard InChI is InChI=1S/C15H21ClN2O2/c1-2-20-15(19)18-9-7-14(8-10-18)17-11-12-3-5-13(16)6-4-12/h3-6,14,17H,2,7-11H2,1H3. The second kappa shape index (κ2) is 7.50. The van der Waals surface area contributed by atoms with Gasteiger partial charge in [-0.05, 0) is 37.5 Å². The molecule has 20 heavy (non-hydrogen) atoms. The van der Waals surface area contributed by atoms with Crippen LogP contribution >= 0.6 is 11.6 Å². The minimum atomic E-state index is -0.191. The molecule has 0 spiro atoms. The van der Waals surface area contributed by atoms with E-state index < -0.39 is 0 Å². The summed E-state index contributed by atoms with van der Waals surface area (Å²) in [7, 11) is 0. The zero-order valence-electron chi connectivity index (χ0n) is 11.8. The van der Waals surface area contributed by atoms with E-state index in [1.165, 1.54) is 5.56 Å². The van der Waals surface area contributed by atoms with Crippen LogP contribution in [0.2, 0.25) is 5.02 Å². The van der Waals surface area contributed by atoms with E-state index in [4.69, 9.17) is 16.3 Å². The Hall–Kier alpha value is -1.26. The molecule has 1 amide bonds. The first kappa shape index (κ1) is 15.1. The molecule has 1 fully saturated rings. The molecule has 5 heteroatoms. The van der Waals surface area contributed by atoms with Crippen molar-refractivity contribution in [3.05, 3.63) is 34.9 Å². The van der Waals surface area contributed by atoms with Crippen molar-refractivity contribution in [1.29, 1.82) is 0 Å². The van der Waals surface area contributed by atoms with Gasteiger partial charge in [0, 0.05) is 30.7 Å². The highest BCUT2D eigenvalue weighted by atomic mass is 35.5. The quantitative estimate of drug-likeness (QED) is 0.928. The molecule has 1 N–H and O–H groups in total. The van der Waals surface area contributed by atoms with Crippen molar-refractivity contribution in [3.63, 3.8) is 0 Å². The molecule has 1 saturated heterocycles. The Morgan fingerprint density at radius 2 is 2.00 bits per heavy atom. The maximum Gasteiger partial charge on any atom is 0.409 e. The van der Waals surface area contributed by atoms with E-state index in [9.17, 15) is 4.79 Å². The average Bonchev–Trinajstić information content (AvgIpc) is 2.47. The number of halogens is 1. The number of rotatable bonds is 4. The molecule has 1 aromatic rings. The van der Waals surface area contributed by atoms with Crippen LogP contribution < -0.4 is 5.32 Å². The number of nitrogens with zero attached hydrogens (tertiary/aromatic N) is 1. The van der Waals surface area contributed by atoms with Crippen molar-refractivity contribution < 1.29 is 9.53 Å². The number of hydrogen-bond acceptors (Lipinski definition) is 3. The molecule has 1 aliphatic heterocycles. The summed E-state index contributed by atoms with van der Waals surface area (Å²) in [5.41, 5.74) is 1.22. The van der Waals surface area contributed by atoms with Gasteiger partial charge in [-0.2, -0.15) is 0 Å². The lowest BCUT2D eigenvalue weighted by Gasteiger charge is -2.31. The van der Waals surface area contributed by atoms with Crippen molar-refractivity contribution in [2.75, 3.05) is 19.7 Å². The molecule has 0 aliphatic carbocycles. The smallest absolute Gasteiger partial charge is 0.409 e. The third-order valence-corrected chi connectivity index (χ3v) is 3.78. The second-order valence-corrected chi connectivity index (χ2v) is 5.40. The van der Waals surface area contributed by atoms with E-state index in [-0.39, 0.29) is 6.09 Å². The highest BCUT2D eigenvalue weighted by Gasteiger charge is 2.22. The van der Waals surface area contributed by atoms with Gasteiger partial charge >= 0.3 is 6.09 Å². The lowest BCUT2D eigenvalue weighted by Crippen LogP contribution is -2.44. The Kier molecular flexibility index (Phi) is 5.68. The van der Waals surface area contributed by atoms with Crippen LogP contribution in [-0.4, -0.2) is 36.7 Å². The van der Waals surface area contributed by atoms with Gasteiger partial charge in [0.05, 0.1) is 6.61 Å². The van der Waals surface area contributed by atoms with Crippen LogP contribution in [0.3, 0.4) is 0 Å². The molecule has 0 saturated carbocycles. The Balaban J connectivity index is 1.72. The van der Waals surface area contributed by atoms with Crippen molar-refractivity contribution >= 4 is 17.7 Å². The Morgan fingerprint density at radius 1 is 1.35 bits per heavy atom. The monoisotopic (exact) mass is 296 g/mol. The molecule has 1 aromatic carbocycles. The molecule has 0 radical (unpaired) electrons. The maximum absolute atomic E-state index is 11.6. The van der Waals surface area contributed by atoms with Crippen LogP contribution in [-0.2, 0) is 11.3 Å². The lowest BCUT2D eigenvalue weighted by molar-refractivity contribution is 0.0950. The van der Waals surface area contributed by atoms with Gasteiger partial charge in [-0.25, -0.2) is 4.79 Å². The predicted octanol–water partition coefficient (Wildman–Crippen LogP) is 3.05. The van der Waals surface area contributed by atoms with Gasteiger partial charge in [-0.15, -0.1) is 0 Å². The third kappa shape index (κ3) is 4.39. The molecule has 0 atom stereocenters. The van der Waals surface area contributed by atoms with E-state index in [1.54, 1.807) is 4.90 Å². The first-order valence-corrected chi connectivity index (χ1v) is 7.46. The third-order valence-electron chi connectivity index (χ3n) is 3.53. The topological polar surface area (TPSA) is 41.6 Å². The van der Waals surface area contributed by atoms with Crippen LogP contribution in [0.25, 0.3) is 0 Å². The molecular weight excluding hydrogens is 276 g/mol. The van der Waals surface area contributed by atoms with Crippen LogP contribution in [0.5, 0.6) is 0 Å². The number of ether oxygens (including phenoxy) is 1. The molecule has 4 nitrogen and oxygen atoms in total. The fourth-order valence-electron chi connectivity index (χ4n) is 2.35. The largest absolute Gasteiger partial charge is 0.450 e. The number of benzene rings is 1. The van der Waals surface area contributed by atoms with E-state index in [0.717, 1.165) is 37.5 Å². The number of carbonyl (C=O) groups is 1. The van der Waals surface area contributed by atoms with Crippen LogP contribution in [0, 0.1) is 0 Å². The van der Waals surface area contributed by atoms with Gasteiger partial charge < -0.3 is 15.0 Å². The fraction of sp³-hybridized carbons (Fsp3) is 0.533. The number of hydrogen-bond donors (Lipinski definition) is 1. The van der Waals surface area contributed by atoms with Crippen LogP contribution in [0.4, 0.5) is 4.79 Å². The lowest BCUT2D eigenvalue weighted by atomic mass is 10.0. The number of carbonyl (C=O) groups excluding carboxylic acids is 1.